The second kappa shape index (κ2) is 7.02. The summed E-state index contributed by atoms with van der Waals surface area (Å²) in [5, 5.41) is 8.80. The van der Waals surface area contributed by atoms with E-state index in [1.165, 1.54) is 11.8 Å². The number of ether oxygens (including phenoxy) is 2. The van der Waals surface area contributed by atoms with Crippen LogP contribution in [0.15, 0.2) is 30.3 Å². The summed E-state index contributed by atoms with van der Waals surface area (Å²) >= 11 is 1.38. The number of carboxylic acids is 1. The van der Waals surface area contributed by atoms with E-state index in [9.17, 15) is 9.90 Å². The third-order valence-corrected chi connectivity index (χ3v) is 5.21. The van der Waals surface area contributed by atoms with Crippen molar-refractivity contribution in [2.24, 2.45) is 5.41 Å². The van der Waals surface area contributed by atoms with E-state index in [1.54, 1.807) is 0 Å². The molecule has 1 saturated heterocycles. The maximum atomic E-state index is 11.2. The van der Waals surface area contributed by atoms with E-state index in [0.29, 0.717) is 25.4 Å². The Morgan fingerprint density at radius 2 is 1.86 bits per heavy atom. The van der Waals surface area contributed by atoms with Crippen LogP contribution >= 0.6 is 11.8 Å². The number of hydrogen-bond acceptors (Lipinski definition) is 4. The highest BCUT2D eigenvalue weighted by Crippen LogP contribution is 2.39. The standard InChI is InChI=1S/C17H24O4S/c1-4-14(15(18)19)22-12-17(13-8-6-5-7-9-13)20-10-16(2,3)11-21-17/h5-9,14H,4,10-12H2,1-3H3,(H,18,19). The fourth-order valence-corrected chi connectivity index (χ4v) is 3.44. The van der Waals surface area contributed by atoms with Crippen molar-refractivity contribution in [3.63, 3.8) is 0 Å². The summed E-state index contributed by atoms with van der Waals surface area (Å²) in [5.74, 6) is -1.17. The van der Waals surface area contributed by atoms with E-state index < -0.39 is 17.0 Å². The van der Waals surface area contributed by atoms with Crippen molar-refractivity contribution in [1.29, 1.82) is 0 Å². The highest BCUT2D eigenvalue weighted by Gasteiger charge is 2.42. The van der Waals surface area contributed by atoms with Gasteiger partial charge in [0.1, 0.15) is 5.25 Å². The van der Waals surface area contributed by atoms with Crippen molar-refractivity contribution in [3.05, 3.63) is 35.9 Å². The number of thioether (sulfide) groups is 1. The Kier molecular flexibility index (Phi) is 5.53. The van der Waals surface area contributed by atoms with Gasteiger partial charge in [-0.25, -0.2) is 0 Å². The third-order valence-electron chi connectivity index (χ3n) is 3.73. The Morgan fingerprint density at radius 3 is 2.36 bits per heavy atom. The fraction of sp³-hybridized carbons (Fsp3) is 0.588. The highest BCUT2D eigenvalue weighted by molar-refractivity contribution is 8.00. The summed E-state index contributed by atoms with van der Waals surface area (Å²) in [5.41, 5.74) is 0.915. The monoisotopic (exact) mass is 324 g/mol. The van der Waals surface area contributed by atoms with Crippen LogP contribution in [0.3, 0.4) is 0 Å². The van der Waals surface area contributed by atoms with Gasteiger partial charge in [0, 0.05) is 11.0 Å². The van der Waals surface area contributed by atoms with Crippen molar-refractivity contribution in [3.8, 4) is 0 Å². The average Bonchev–Trinajstić information content (AvgIpc) is 2.50. The second-order valence-electron chi connectivity index (χ2n) is 6.41. The van der Waals surface area contributed by atoms with Crippen LogP contribution in [0.2, 0.25) is 0 Å². The first kappa shape index (κ1) is 17.3. The van der Waals surface area contributed by atoms with Gasteiger partial charge in [-0.2, -0.15) is 0 Å². The molecule has 0 radical (unpaired) electrons. The molecule has 0 saturated carbocycles. The van der Waals surface area contributed by atoms with Gasteiger partial charge in [-0.1, -0.05) is 51.1 Å². The number of benzene rings is 1. The van der Waals surface area contributed by atoms with Crippen LogP contribution in [-0.2, 0) is 20.1 Å². The van der Waals surface area contributed by atoms with Crippen LogP contribution in [0.1, 0.15) is 32.8 Å². The van der Waals surface area contributed by atoms with Crippen LogP contribution in [-0.4, -0.2) is 35.3 Å². The topological polar surface area (TPSA) is 55.8 Å². The number of rotatable bonds is 6. The van der Waals surface area contributed by atoms with Crippen LogP contribution < -0.4 is 0 Å². The number of carboxylic acid groups (broad SMARTS) is 1. The molecule has 122 valence electrons. The van der Waals surface area contributed by atoms with E-state index in [0.717, 1.165) is 5.56 Å². The average molecular weight is 324 g/mol. The predicted octanol–water partition coefficient (Wildman–Crippen LogP) is 3.51. The smallest absolute Gasteiger partial charge is 0.316 e. The normalized spacial score (nSPS) is 21.2. The van der Waals surface area contributed by atoms with Crippen molar-refractivity contribution in [2.45, 2.75) is 38.2 Å². The van der Waals surface area contributed by atoms with Crippen molar-refractivity contribution in [2.75, 3.05) is 19.0 Å². The van der Waals surface area contributed by atoms with Crippen molar-refractivity contribution < 1.29 is 19.4 Å². The lowest BCUT2D eigenvalue weighted by Crippen LogP contribution is -2.47. The molecule has 1 N–H and O–H groups in total. The zero-order chi connectivity index (χ0) is 16.2. The van der Waals surface area contributed by atoms with Crippen molar-refractivity contribution >= 4 is 17.7 Å². The summed E-state index contributed by atoms with van der Waals surface area (Å²) in [6.07, 6.45) is 0.580. The first-order valence-corrected chi connectivity index (χ1v) is 8.61. The molecule has 1 heterocycles. The highest BCUT2D eigenvalue weighted by atomic mass is 32.2. The van der Waals surface area contributed by atoms with E-state index in [4.69, 9.17) is 9.47 Å². The quantitative estimate of drug-likeness (QED) is 0.868. The largest absolute Gasteiger partial charge is 0.480 e. The van der Waals surface area contributed by atoms with Gasteiger partial charge in [0.15, 0.2) is 0 Å². The minimum absolute atomic E-state index is 0.0279. The second-order valence-corrected chi connectivity index (χ2v) is 7.60. The van der Waals surface area contributed by atoms with E-state index in [-0.39, 0.29) is 5.41 Å². The van der Waals surface area contributed by atoms with Gasteiger partial charge >= 0.3 is 5.97 Å². The van der Waals surface area contributed by atoms with Gasteiger partial charge in [0.05, 0.1) is 19.0 Å². The molecule has 2 rings (SSSR count). The van der Waals surface area contributed by atoms with Crippen LogP contribution in [0.5, 0.6) is 0 Å². The summed E-state index contributed by atoms with van der Waals surface area (Å²) in [6, 6.07) is 9.79. The molecule has 22 heavy (non-hydrogen) atoms. The third kappa shape index (κ3) is 4.03. The first-order valence-electron chi connectivity index (χ1n) is 7.56. The fourth-order valence-electron chi connectivity index (χ4n) is 2.31. The summed E-state index contributed by atoms with van der Waals surface area (Å²) in [4.78, 5) is 11.2. The van der Waals surface area contributed by atoms with Gasteiger partial charge in [-0.15, -0.1) is 11.8 Å². The Hall–Kier alpha value is -1.04. The Bertz CT molecular complexity index is 491. The summed E-state index contributed by atoms with van der Waals surface area (Å²) in [6.45, 7) is 7.26. The first-order chi connectivity index (χ1) is 10.4. The molecule has 0 aromatic heterocycles. The minimum atomic E-state index is -0.857. The molecule has 1 aliphatic heterocycles. The predicted molar refractivity (Wildman–Crippen MR) is 88.0 cm³/mol. The Labute approximate surface area is 136 Å². The lowest BCUT2D eigenvalue weighted by atomic mass is 9.93. The van der Waals surface area contributed by atoms with Gasteiger partial charge in [-0.05, 0) is 6.42 Å². The Morgan fingerprint density at radius 1 is 1.27 bits per heavy atom. The molecule has 1 aromatic carbocycles. The molecule has 0 spiro atoms. The molecular formula is C17H24O4S. The van der Waals surface area contributed by atoms with Gasteiger partial charge in [0.2, 0.25) is 5.79 Å². The lowest BCUT2D eigenvalue weighted by Gasteiger charge is -2.43. The van der Waals surface area contributed by atoms with Crippen LogP contribution in [0.25, 0.3) is 0 Å². The molecule has 1 aliphatic rings. The van der Waals surface area contributed by atoms with Crippen LogP contribution in [0, 0.1) is 5.41 Å². The number of aliphatic carboxylic acids is 1. The van der Waals surface area contributed by atoms with E-state index in [2.05, 4.69) is 13.8 Å². The minimum Gasteiger partial charge on any atom is -0.480 e. The molecule has 1 atom stereocenters. The van der Waals surface area contributed by atoms with E-state index in [1.807, 2.05) is 37.3 Å². The van der Waals surface area contributed by atoms with Gasteiger partial charge in [0.25, 0.3) is 0 Å². The molecule has 0 amide bonds. The summed E-state index contributed by atoms with van der Waals surface area (Å²) in [7, 11) is 0. The molecule has 5 heteroatoms. The number of carbonyl (C=O) groups is 1. The molecule has 1 unspecified atom stereocenters. The SMILES string of the molecule is CCC(SCC1(c2ccccc2)OCC(C)(C)CO1)C(=O)O. The van der Waals surface area contributed by atoms with Crippen LogP contribution in [0.4, 0.5) is 0 Å². The Balaban J connectivity index is 2.18. The van der Waals surface area contributed by atoms with Gasteiger partial charge < -0.3 is 14.6 Å². The molecule has 1 aromatic rings. The molecular weight excluding hydrogens is 300 g/mol. The molecule has 0 aliphatic carbocycles. The molecule has 4 nitrogen and oxygen atoms in total. The zero-order valence-corrected chi connectivity index (χ0v) is 14.2. The van der Waals surface area contributed by atoms with Gasteiger partial charge in [-0.3, -0.25) is 4.79 Å². The molecule has 1 fully saturated rings. The molecule has 0 bridgehead atoms. The summed E-state index contributed by atoms with van der Waals surface area (Å²) < 4.78 is 12.2. The zero-order valence-electron chi connectivity index (χ0n) is 13.4. The maximum absolute atomic E-state index is 11.2. The van der Waals surface area contributed by atoms with E-state index >= 15 is 0 Å². The lowest BCUT2D eigenvalue weighted by molar-refractivity contribution is -0.295. The van der Waals surface area contributed by atoms with Crippen molar-refractivity contribution in [1.82, 2.24) is 0 Å². The number of hydrogen-bond donors (Lipinski definition) is 1. The maximum Gasteiger partial charge on any atom is 0.316 e.